The lowest BCUT2D eigenvalue weighted by molar-refractivity contribution is -0.138. The third-order valence-electron chi connectivity index (χ3n) is 6.80. The first-order chi connectivity index (χ1) is 21.4. The fraction of sp³-hybridized carbons (Fsp3) is 0.100. The number of nitrogens with zero attached hydrogens (tertiary/aromatic N) is 2. The molecular weight excluding hydrogens is 701 g/mol. The molecule has 16 heteroatoms. The van der Waals surface area contributed by atoms with Crippen LogP contribution in [-0.4, -0.2) is 22.9 Å². The molecule has 5 rings (SSSR count). The van der Waals surface area contributed by atoms with Gasteiger partial charge in [0, 0.05) is 15.6 Å². The van der Waals surface area contributed by atoms with Gasteiger partial charge in [-0.3, -0.25) is 4.55 Å². The maximum absolute atomic E-state index is 13.5. The molecular formula is C30H18Cl2F6N2O4S2. The van der Waals surface area contributed by atoms with Gasteiger partial charge >= 0.3 is 12.4 Å². The van der Waals surface area contributed by atoms with E-state index in [4.69, 9.17) is 23.2 Å². The van der Waals surface area contributed by atoms with Crippen LogP contribution in [0.3, 0.4) is 0 Å². The van der Waals surface area contributed by atoms with E-state index in [1.807, 2.05) is 0 Å². The minimum Gasteiger partial charge on any atom is -0.296 e. The maximum atomic E-state index is 13.5. The van der Waals surface area contributed by atoms with Crippen molar-refractivity contribution in [1.29, 1.82) is 0 Å². The number of alkyl halides is 6. The predicted molar refractivity (Wildman–Crippen MR) is 162 cm³/mol. The summed E-state index contributed by atoms with van der Waals surface area (Å²) < 4.78 is 139. The lowest BCUT2D eigenvalue weighted by Gasteiger charge is -2.34. The van der Waals surface area contributed by atoms with E-state index >= 15 is 0 Å². The molecule has 0 saturated heterocycles. The summed E-state index contributed by atoms with van der Waals surface area (Å²) in [6.45, 7) is 0. The van der Waals surface area contributed by atoms with Gasteiger partial charge in [0.05, 0.1) is 38.2 Å². The molecule has 0 fully saturated rings. The fourth-order valence-electron chi connectivity index (χ4n) is 4.56. The highest BCUT2D eigenvalue weighted by atomic mass is 35.5. The summed E-state index contributed by atoms with van der Waals surface area (Å²) in [5.41, 5.74) is -2.93. The number of sulfonamides is 1. The van der Waals surface area contributed by atoms with E-state index in [2.05, 4.69) is 8.76 Å². The van der Waals surface area contributed by atoms with Crippen molar-refractivity contribution in [2.24, 2.45) is 8.76 Å². The Morgan fingerprint density at radius 2 is 1.07 bits per heavy atom. The molecule has 0 amide bonds. The molecule has 0 spiro atoms. The molecule has 1 N–H and O–H groups in total. The molecule has 0 saturated carbocycles. The summed E-state index contributed by atoms with van der Waals surface area (Å²) in [5.74, 6) is -1.39. The Bertz CT molecular complexity index is 2090. The van der Waals surface area contributed by atoms with Crippen LogP contribution in [0.5, 0.6) is 0 Å². The first kappa shape index (κ1) is 33.7. The third-order valence-corrected chi connectivity index (χ3v) is 9.94. The fourth-order valence-corrected chi connectivity index (χ4v) is 6.91. The van der Waals surface area contributed by atoms with Crippen LogP contribution in [0.25, 0.3) is 5.57 Å². The molecule has 6 nitrogen and oxygen atoms in total. The van der Waals surface area contributed by atoms with Crippen LogP contribution >= 0.6 is 23.2 Å². The second-order valence-corrected chi connectivity index (χ2v) is 14.0. The van der Waals surface area contributed by atoms with Crippen molar-refractivity contribution in [2.75, 3.05) is 0 Å². The summed E-state index contributed by atoms with van der Waals surface area (Å²) in [4.78, 5) is -0.540. The summed E-state index contributed by atoms with van der Waals surface area (Å²) in [6.07, 6.45) is -9.43. The second-order valence-electron chi connectivity index (χ2n) is 9.84. The first-order valence-electron chi connectivity index (χ1n) is 12.8. The highest BCUT2D eigenvalue weighted by Crippen LogP contribution is 2.48. The lowest BCUT2D eigenvalue weighted by atomic mass is 9.73. The highest BCUT2D eigenvalue weighted by molar-refractivity contribution is 7.90. The van der Waals surface area contributed by atoms with Crippen molar-refractivity contribution in [3.8, 4) is 0 Å². The van der Waals surface area contributed by atoms with Gasteiger partial charge in [0.15, 0.2) is 10.0 Å². The molecule has 0 aromatic heterocycles. The Labute approximate surface area is 269 Å². The van der Waals surface area contributed by atoms with Crippen LogP contribution < -0.4 is 0 Å². The maximum Gasteiger partial charge on any atom is 0.416 e. The van der Waals surface area contributed by atoms with E-state index in [1.165, 1.54) is 36.4 Å². The molecule has 0 bridgehead atoms. The predicted octanol–water partition coefficient (Wildman–Crippen LogP) is 9.37. The quantitative estimate of drug-likeness (QED) is 0.201. The van der Waals surface area contributed by atoms with Crippen molar-refractivity contribution >= 4 is 54.5 Å². The van der Waals surface area contributed by atoms with Gasteiger partial charge in [0.1, 0.15) is 0 Å². The molecule has 0 radical (unpaired) electrons. The third kappa shape index (κ3) is 7.00. The smallest absolute Gasteiger partial charge is 0.296 e. The van der Waals surface area contributed by atoms with Crippen LogP contribution in [0.4, 0.5) is 26.3 Å². The van der Waals surface area contributed by atoms with Gasteiger partial charge in [0.25, 0.3) is 10.0 Å². The number of allylic oxidation sites excluding steroid dienone is 2. The molecule has 1 aliphatic rings. The van der Waals surface area contributed by atoms with E-state index in [0.717, 1.165) is 48.5 Å². The van der Waals surface area contributed by atoms with Gasteiger partial charge in [0.2, 0.25) is 0 Å². The summed E-state index contributed by atoms with van der Waals surface area (Å²) in [5, 5.41) is 0.445. The standard InChI is InChI=1S/C30H18Cl2F6N2O4S2/c31-21-9-13-23(14-10-21)45(41,42)39-27-25(17-1-5-19(6-2-17)29(33,34)35)28(40-46(43,44)24-15-11-22(32)12-16-24)26(27)18-3-7-20(8-4-18)30(36,37)38/h1-16,25H,(H,39,41,42)/b40-28+. The molecule has 4 aromatic rings. The zero-order chi connectivity index (χ0) is 33.7. The summed E-state index contributed by atoms with van der Waals surface area (Å²) >= 11 is 11.8. The first-order valence-corrected chi connectivity index (χ1v) is 16.5. The molecule has 2 atom stereocenters. The molecule has 2 unspecified atom stereocenters. The van der Waals surface area contributed by atoms with Gasteiger partial charge in [-0.2, -0.15) is 43.5 Å². The normalized spacial score (nSPS) is 17.8. The van der Waals surface area contributed by atoms with E-state index in [0.29, 0.717) is 12.1 Å². The zero-order valence-electron chi connectivity index (χ0n) is 22.7. The Kier molecular flexibility index (Phi) is 8.90. The SMILES string of the molecule is O=S(=O)(/N=C1/C(c2ccc(C(F)(F)F)cc2)=C(N=S(=O)(O)c2ccc(Cl)cc2)C1c1ccc(C(F)(F)F)cc1)c1ccc(Cl)cc1. The van der Waals surface area contributed by atoms with Crippen LogP contribution in [-0.2, 0) is 32.4 Å². The minimum atomic E-state index is -4.72. The monoisotopic (exact) mass is 718 g/mol. The van der Waals surface area contributed by atoms with E-state index < -0.39 is 49.4 Å². The Hall–Kier alpha value is -3.69. The van der Waals surface area contributed by atoms with Crippen LogP contribution in [0.2, 0.25) is 10.0 Å². The van der Waals surface area contributed by atoms with Gasteiger partial charge in [-0.05, 0) is 83.9 Å². The Morgan fingerprint density at radius 1 is 0.630 bits per heavy atom. The number of halogens is 8. The summed E-state index contributed by atoms with van der Waals surface area (Å²) in [7, 11) is -8.89. The van der Waals surface area contributed by atoms with Crippen LogP contribution in [0.15, 0.2) is 121 Å². The van der Waals surface area contributed by atoms with Crippen molar-refractivity contribution in [1.82, 2.24) is 0 Å². The molecule has 46 heavy (non-hydrogen) atoms. The number of hydrogen-bond donors (Lipinski definition) is 1. The van der Waals surface area contributed by atoms with Crippen LogP contribution in [0, 0.1) is 0 Å². The van der Waals surface area contributed by atoms with E-state index in [-0.39, 0.29) is 47.9 Å². The van der Waals surface area contributed by atoms with E-state index in [1.54, 1.807) is 0 Å². The Morgan fingerprint density at radius 3 is 1.52 bits per heavy atom. The summed E-state index contributed by atoms with van der Waals surface area (Å²) in [6, 6.07) is 16.8. The second kappa shape index (κ2) is 12.2. The van der Waals surface area contributed by atoms with Crippen molar-refractivity contribution in [3.05, 3.63) is 135 Å². The number of rotatable bonds is 6. The average molecular weight is 720 g/mol. The molecule has 4 aromatic carbocycles. The van der Waals surface area contributed by atoms with Gasteiger partial charge < -0.3 is 0 Å². The van der Waals surface area contributed by atoms with Gasteiger partial charge in [-0.1, -0.05) is 47.5 Å². The Balaban J connectivity index is 1.80. The van der Waals surface area contributed by atoms with Crippen molar-refractivity contribution in [3.63, 3.8) is 0 Å². The highest BCUT2D eigenvalue weighted by Gasteiger charge is 2.42. The van der Waals surface area contributed by atoms with Crippen molar-refractivity contribution < 1.29 is 43.5 Å². The van der Waals surface area contributed by atoms with Gasteiger partial charge in [-0.15, -0.1) is 0 Å². The minimum absolute atomic E-state index is 0.0128. The molecule has 1 aliphatic carbocycles. The molecule has 0 aliphatic heterocycles. The topological polar surface area (TPSA) is 96.2 Å². The number of hydrogen-bond acceptors (Lipinski definition) is 4. The zero-order valence-corrected chi connectivity index (χ0v) is 25.9. The number of benzene rings is 4. The van der Waals surface area contributed by atoms with E-state index in [9.17, 15) is 43.5 Å². The largest absolute Gasteiger partial charge is 0.416 e. The average Bonchev–Trinajstić information content (AvgIpc) is 2.96. The molecule has 0 heterocycles. The van der Waals surface area contributed by atoms with Gasteiger partial charge in [-0.25, -0.2) is 4.21 Å². The van der Waals surface area contributed by atoms with Crippen molar-refractivity contribution in [2.45, 2.75) is 28.1 Å². The molecule has 240 valence electrons. The van der Waals surface area contributed by atoms with Crippen LogP contribution in [0.1, 0.15) is 28.2 Å². The lowest BCUT2D eigenvalue weighted by Crippen LogP contribution is -2.30.